The van der Waals surface area contributed by atoms with Gasteiger partial charge in [-0.15, -0.1) is 0 Å². The van der Waals surface area contributed by atoms with Gasteiger partial charge in [0.15, 0.2) is 0 Å². The molecule has 0 radical (unpaired) electrons. The first-order valence-corrected chi connectivity index (χ1v) is 6.60. The average Bonchev–Trinajstić information content (AvgIpc) is 2.46. The molecule has 0 atom stereocenters. The molecule has 2 aromatic rings. The summed E-state index contributed by atoms with van der Waals surface area (Å²) in [6.07, 6.45) is 3.54. The molecule has 0 aliphatic carbocycles. The van der Waals surface area contributed by atoms with Crippen molar-refractivity contribution in [3.8, 4) is 0 Å². The minimum Gasteiger partial charge on any atom is -0.369 e. The number of pyridine rings is 1. The van der Waals surface area contributed by atoms with Gasteiger partial charge in [-0.3, -0.25) is 0 Å². The van der Waals surface area contributed by atoms with E-state index < -0.39 is 0 Å². The number of hydrogen-bond donors (Lipinski definition) is 1. The monoisotopic (exact) mass is 270 g/mol. The number of hydrogen-bond acceptors (Lipinski definition) is 2. The smallest absolute Gasteiger partial charge is 0.125 e. The van der Waals surface area contributed by atoms with Crippen LogP contribution in [-0.2, 0) is 5.41 Å². The third-order valence-corrected chi connectivity index (χ3v) is 3.36. The van der Waals surface area contributed by atoms with E-state index in [1.807, 2.05) is 24.3 Å². The number of halogens is 1. The van der Waals surface area contributed by atoms with E-state index in [9.17, 15) is 4.39 Å². The van der Waals surface area contributed by atoms with Gasteiger partial charge in [0.25, 0.3) is 0 Å². The van der Waals surface area contributed by atoms with E-state index in [2.05, 4.69) is 30.7 Å². The van der Waals surface area contributed by atoms with Gasteiger partial charge < -0.3 is 5.32 Å². The highest BCUT2D eigenvalue weighted by atomic mass is 19.1. The molecular formula is C17H19FN2. The summed E-state index contributed by atoms with van der Waals surface area (Å²) in [5.74, 6) is 0.616. The first kappa shape index (κ1) is 14.3. The van der Waals surface area contributed by atoms with E-state index >= 15 is 0 Å². The Morgan fingerprint density at radius 3 is 2.45 bits per heavy atom. The Hall–Kier alpha value is -2.16. The Morgan fingerprint density at radius 2 is 1.90 bits per heavy atom. The zero-order valence-electron chi connectivity index (χ0n) is 11.9. The number of aromatic nitrogens is 1. The largest absolute Gasteiger partial charge is 0.369 e. The van der Waals surface area contributed by atoms with E-state index in [1.54, 1.807) is 12.3 Å². The Bertz CT molecular complexity index is 571. The van der Waals surface area contributed by atoms with Crippen LogP contribution < -0.4 is 5.32 Å². The molecule has 0 aliphatic heterocycles. The van der Waals surface area contributed by atoms with Crippen molar-refractivity contribution in [2.24, 2.45) is 0 Å². The number of nitrogens with zero attached hydrogens (tertiary/aromatic N) is 1. The van der Waals surface area contributed by atoms with Crippen molar-refractivity contribution in [3.05, 3.63) is 66.1 Å². The lowest BCUT2D eigenvalue weighted by Gasteiger charge is -2.26. The van der Waals surface area contributed by atoms with Gasteiger partial charge in [0, 0.05) is 18.2 Å². The summed E-state index contributed by atoms with van der Waals surface area (Å²) in [4.78, 5) is 4.32. The van der Waals surface area contributed by atoms with Crippen LogP contribution in [0.25, 0.3) is 6.08 Å². The molecule has 1 aromatic heterocycles. The Morgan fingerprint density at radius 1 is 1.20 bits per heavy atom. The second kappa shape index (κ2) is 5.87. The average molecular weight is 270 g/mol. The number of benzene rings is 1. The standard InChI is InChI=1S/C17H19FN2/c1-4-13-5-10-16(19-11-13)20-12-17(2,3)14-6-8-15(18)9-7-14/h4-11H,1,12H2,2-3H3,(H,19,20). The van der Waals surface area contributed by atoms with Crippen molar-refractivity contribution in [2.45, 2.75) is 19.3 Å². The molecule has 3 heteroatoms. The van der Waals surface area contributed by atoms with Crippen molar-refractivity contribution in [1.82, 2.24) is 4.98 Å². The van der Waals surface area contributed by atoms with E-state index in [0.717, 1.165) is 23.5 Å². The van der Waals surface area contributed by atoms with Gasteiger partial charge in [-0.05, 0) is 35.4 Å². The van der Waals surface area contributed by atoms with Gasteiger partial charge in [0.1, 0.15) is 11.6 Å². The van der Waals surface area contributed by atoms with E-state index in [-0.39, 0.29) is 11.2 Å². The second-order valence-corrected chi connectivity index (χ2v) is 5.43. The lowest BCUT2D eigenvalue weighted by Crippen LogP contribution is -2.27. The van der Waals surface area contributed by atoms with Gasteiger partial charge in [0.05, 0.1) is 0 Å². The van der Waals surface area contributed by atoms with Crippen molar-refractivity contribution in [3.63, 3.8) is 0 Å². The fourth-order valence-corrected chi connectivity index (χ4v) is 1.95. The van der Waals surface area contributed by atoms with Crippen LogP contribution in [0.2, 0.25) is 0 Å². The first-order chi connectivity index (χ1) is 9.51. The Kier molecular flexibility index (Phi) is 4.18. The molecule has 1 heterocycles. The maximum Gasteiger partial charge on any atom is 0.125 e. The number of nitrogens with one attached hydrogen (secondary N) is 1. The predicted molar refractivity (Wildman–Crippen MR) is 82.2 cm³/mol. The molecule has 1 aromatic carbocycles. The van der Waals surface area contributed by atoms with Crippen molar-refractivity contribution < 1.29 is 4.39 Å². The SMILES string of the molecule is C=Cc1ccc(NCC(C)(C)c2ccc(F)cc2)nc1. The zero-order chi connectivity index (χ0) is 14.6. The first-order valence-electron chi connectivity index (χ1n) is 6.60. The van der Waals surface area contributed by atoms with E-state index in [4.69, 9.17) is 0 Å². The third kappa shape index (κ3) is 3.44. The second-order valence-electron chi connectivity index (χ2n) is 5.43. The summed E-state index contributed by atoms with van der Waals surface area (Å²) in [6.45, 7) is 8.66. The van der Waals surface area contributed by atoms with Crippen LogP contribution in [0.4, 0.5) is 10.2 Å². The maximum atomic E-state index is 13.0. The summed E-state index contributed by atoms with van der Waals surface area (Å²) in [5, 5.41) is 3.31. The molecule has 0 fully saturated rings. The molecule has 0 unspecified atom stereocenters. The molecule has 0 spiro atoms. The zero-order valence-corrected chi connectivity index (χ0v) is 11.9. The molecule has 0 aliphatic rings. The quantitative estimate of drug-likeness (QED) is 0.878. The number of rotatable bonds is 5. The minimum atomic E-state index is -0.209. The third-order valence-electron chi connectivity index (χ3n) is 3.36. The normalized spacial score (nSPS) is 11.2. The van der Waals surface area contributed by atoms with Crippen LogP contribution >= 0.6 is 0 Å². The molecule has 0 saturated carbocycles. The fourth-order valence-electron chi connectivity index (χ4n) is 1.95. The highest BCUT2D eigenvalue weighted by Gasteiger charge is 2.20. The lowest BCUT2D eigenvalue weighted by atomic mass is 9.84. The summed E-state index contributed by atoms with van der Waals surface area (Å²) < 4.78 is 13.0. The molecule has 104 valence electrons. The van der Waals surface area contributed by atoms with Crippen molar-refractivity contribution in [1.29, 1.82) is 0 Å². The summed E-state index contributed by atoms with van der Waals surface area (Å²) >= 11 is 0. The van der Waals surface area contributed by atoms with Crippen LogP contribution in [-0.4, -0.2) is 11.5 Å². The lowest BCUT2D eigenvalue weighted by molar-refractivity contribution is 0.552. The van der Waals surface area contributed by atoms with Crippen LogP contribution in [0, 0.1) is 5.82 Å². The number of anilines is 1. The maximum absolute atomic E-state index is 13.0. The predicted octanol–water partition coefficient (Wildman–Crippen LogP) is 4.25. The molecule has 0 amide bonds. The topological polar surface area (TPSA) is 24.9 Å². The Labute approximate surface area is 119 Å². The van der Waals surface area contributed by atoms with Gasteiger partial charge in [-0.2, -0.15) is 0 Å². The van der Waals surface area contributed by atoms with Crippen molar-refractivity contribution in [2.75, 3.05) is 11.9 Å². The van der Waals surface area contributed by atoms with Crippen LogP contribution in [0.3, 0.4) is 0 Å². The summed E-state index contributed by atoms with van der Waals surface area (Å²) in [6, 6.07) is 10.5. The Balaban J connectivity index is 2.04. The van der Waals surface area contributed by atoms with Gasteiger partial charge in [-0.25, -0.2) is 9.37 Å². The van der Waals surface area contributed by atoms with Crippen LogP contribution in [0.5, 0.6) is 0 Å². The molecule has 2 nitrogen and oxygen atoms in total. The van der Waals surface area contributed by atoms with Gasteiger partial charge in [-0.1, -0.05) is 38.6 Å². The molecule has 2 rings (SSSR count). The van der Waals surface area contributed by atoms with E-state index in [1.165, 1.54) is 12.1 Å². The van der Waals surface area contributed by atoms with Gasteiger partial charge >= 0.3 is 0 Å². The highest BCUT2D eigenvalue weighted by molar-refractivity contribution is 5.48. The van der Waals surface area contributed by atoms with Crippen molar-refractivity contribution >= 4 is 11.9 Å². The molecule has 20 heavy (non-hydrogen) atoms. The molecular weight excluding hydrogens is 251 g/mol. The summed E-state index contributed by atoms with van der Waals surface area (Å²) in [5.41, 5.74) is 1.98. The molecule has 1 N–H and O–H groups in total. The molecule has 0 saturated heterocycles. The van der Waals surface area contributed by atoms with Crippen LogP contribution in [0.15, 0.2) is 49.2 Å². The van der Waals surface area contributed by atoms with Crippen LogP contribution in [0.1, 0.15) is 25.0 Å². The highest BCUT2D eigenvalue weighted by Crippen LogP contribution is 2.23. The summed E-state index contributed by atoms with van der Waals surface area (Å²) in [7, 11) is 0. The fraction of sp³-hybridized carbons (Fsp3) is 0.235. The van der Waals surface area contributed by atoms with E-state index in [0.29, 0.717) is 0 Å². The minimum absolute atomic E-state index is 0.105. The molecule has 0 bridgehead atoms. The van der Waals surface area contributed by atoms with Gasteiger partial charge in [0.2, 0.25) is 0 Å².